The van der Waals surface area contributed by atoms with E-state index in [-0.39, 0.29) is 6.10 Å². The zero-order valence-corrected chi connectivity index (χ0v) is 8.99. The maximum Gasteiger partial charge on any atom is 0.222 e. The maximum absolute atomic E-state index is 5.70. The number of rotatable bonds is 4. The summed E-state index contributed by atoms with van der Waals surface area (Å²) in [5, 5.41) is 3.03. The van der Waals surface area contributed by atoms with E-state index >= 15 is 0 Å². The van der Waals surface area contributed by atoms with Gasteiger partial charge < -0.3 is 14.8 Å². The number of nitrogens with zero attached hydrogens (tertiary/aromatic N) is 2. The third-order valence-corrected chi connectivity index (χ3v) is 2.38. The van der Waals surface area contributed by atoms with Crippen LogP contribution in [-0.4, -0.2) is 36.3 Å². The summed E-state index contributed by atoms with van der Waals surface area (Å²) in [5.74, 6) is 1.51. The molecule has 5 heteroatoms. The summed E-state index contributed by atoms with van der Waals surface area (Å²) >= 11 is 0. The van der Waals surface area contributed by atoms with Crippen molar-refractivity contribution in [3.05, 3.63) is 11.9 Å². The molecule has 0 saturated carbocycles. The van der Waals surface area contributed by atoms with Crippen LogP contribution in [0.2, 0.25) is 0 Å². The van der Waals surface area contributed by atoms with Crippen LogP contribution in [0.3, 0.4) is 0 Å². The van der Waals surface area contributed by atoms with E-state index in [1.807, 2.05) is 7.05 Å². The summed E-state index contributed by atoms with van der Waals surface area (Å²) in [4.78, 5) is 8.30. The molecule has 1 saturated heterocycles. The number of aromatic nitrogens is 2. The number of hydrogen-bond acceptors (Lipinski definition) is 5. The van der Waals surface area contributed by atoms with Crippen LogP contribution in [0.25, 0.3) is 0 Å². The quantitative estimate of drug-likeness (QED) is 0.797. The summed E-state index contributed by atoms with van der Waals surface area (Å²) in [5.41, 5.74) is 1.02. The fourth-order valence-corrected chi connectivity index (χ4v) is 1.47. The van der Waals surface area contributed by atoms with Crippen LogP contribution in [-0.2, 0) is 11.2 Å². The lowest BCUT2D eigenvalue weighted by Crippen LogP contribution is -2.39. The Bertz CT molecular complexity index is 339. The normalized spacial score (nSPS) is 15.9. The Morgan fingerprint density at radius 3 is 2.87 bits per heavy atom. The van der Waals surface area contributed by atoms with Crippen molar-refractivity contribution in [1.29, 1.82) is 0 Å². The van der Waals surface area contributed by atoms with Crippen LogP contribution in [0.15, 0.2) is 6.33 Å². The van der Waals surface area contributed by atoms with E-state index in [0.717, 1.165) is 17.8 Å². The molecule has 1 aromatic rings. The monoisotopic (exact) mass is 209 g/mol. The molecule has 0 atom stereocenters. The van der Waals surface area contributed by atoms with Crippen LogP contribution < -0.4 is 10.1 Å². The van der Waals surface area contributed by atoms with Gasteiger partial charge in [-0.2, -0.15) is 0 Å². The molecule has 0 spiro atoms. The first-order valence-electron chi connectivity index (χ1n) is 5.11. The third-order valence-electron chi connectivity index (χ3n) is 2.38. The van der Waals surface area contributed by atoms with E-state index in [2.05, 4.69) is 22.2 Å². The molecule has 15 heavy (non-hydrogen) atoms. The lowest BCUT2D eigenvalue weighted by molar-refractivity contribution is -0.0816. The second-order valence-corrected chi connectivity index (χ2v) is 3.39. The van der Waals surface area contributed by atoms with Crippen LogP contribution >= 0.6 is 0 Å². The summed E-state index contributed by atoms with van der Waals surface area (Å²) < 4.78 is 10.8. The van der Waals surface area contributed by atoms with Crippen LogP contribution in [0.5, 0.6) is 5.88 Å². The van der Waals surface area contributed by atoms with Gasteiger partial charge in [-0.25, -0.2) is 9.97 Å². The summed E-state index contributed by atoms with van der Waals surface area (Å²) in [6.07, 6.45) is 2.51. The van der Waals surface area contributed by atoms with Crippen molar-refractivity contribution >= 4 is 5.82 Å². The Hall–Kier alpha value is -1.36. The highest BCUT2D eigenvalue weighted by Crippen LogP contribution is 2.24. The van der Waals surface area contributed by atoms with E-state index in [0.29, 0.717) is 19.1 Å². The largest absolute Gasteiger partial charge is 0.469 e. The van der Waals surface area contributed by atoms with Crippen molar-refractivity contribution < 1.29 is 9.47 Å². The zero-order valence-electron chi connectivity index (χ0n) is 8.99. The fourth-order valence-electron chi connectivity index (χ4n) is 1.47. The number of anilines is 1. The molecule has 0 radical (unpaired) electrons. The van der Waals surface area contributed by atoms with Gasteiger partial charge in [-0.3, -0.25) is 0 Å². The molecular formula is C10H15N3O2. The first kappa shape index (κ1) is 10.2. The molecule has 1 fully saturated rings. The molecule has 5 nitrogen and oxygen atoms in total. The smallest absolute Gasteiger partial charge is 0.222 e. The average Bonchev–Trinajstić information content (AvgIpc) is 2.22. The molecule has 1 aromatic heterocycles. The van der Waals surface area contributed by atoms with Crippen molar-refractivity contribution in [1.82, 2.24) is 9.97 Å². The molecule has 0 amide bonds. The Morgan fingerprint density at radius 2 is 2.33 bits per heavy atom. The van der Waals surface area contributed by atoms with Gasteiger partial charge in [-0.05, 0) is 6.42 Å². The van der Waals surface area contributed by atoms with E-state index in [1.165, 1.54) is 6.33 Å². The Morgan fingerprint density at radius 1 is 1.53 bits per heavy atom. The van der Waals surface area contributed by atoms with Gasteiger partial charge in [-0.1, -0.05) is 6.92 Å². The minimum atomic E-state index is 0.148. The molecule has 0 unspecified atom stereocenters. The second kappa shape index (κ2) is 4.44. The summed E-state index contributed by atoms with van der Waals surface area (Å²) in [6, 6.07) is 0. The lowest BCUT2D eigenvalue weighted by atomic mass is 10.2. The van der Waals surface area contributed by atoms with Crippen molar-refractivity contribution in [2.75, 3.05) is 25.6 Å². The van der Waals surface area contributed by atoms with Gasteiger partial charge in [0.15, 0.2) is 0 Å². The predicted molar refractivity (Wildman–Crippen MR) is 56.2 cm³/mol. The Labute approximate surface area is 88.8 Å². The lowest BCUT2D eigenvalue weighted by Gasteiger charge is -2.27. The molecular weight excluding hydrogens is 194 g/mol. The molecule has 2 heterocycles. The standard InChI is InChI=1S/C10H15N3O2/c1-3-8-9(11-2)12-6-13-10(8)15-7-4-14-5-7/h6-7H,3-5H2,1-2H3,(H,11,12,13). The first-order valence-corrected chi connectivity index (χ1v) is 5.11. The van der Waals surface area contributed by atoms with Crippen molar-refractivity contribution in [2.45, 2.75) is 19.4 Å². The molecule has 0 bridgehead atoms. The minimum absolute atomic E-state index is 0.148. The van der Waals surface area contributed by atoms with E-state index in [1.54, 1.807) is 0 Å². The van der Waals surface area contributed by atoms with Gasteiger partial charge in [0, 0.05) is 7.05 Å². The van der Waals surface area contributed by atoms with Crippen molar-refractivity contribution in [3.8, 4) is 5.88 Å². The minimum Gasteiger partial charge on any atom is -0.469 e. The first-order chi connectivity index (χ1) is 7.35. The molecule has 82 valence electrons. The second-order valence-electron chi connectivity index (χ2n) is 3.39. The number of ether oxygens (including phenoxy) is 2. The van der Waals surface area contributed by atoms with Gasteiger partial charge in [0.1, 0.15) is 18.2 Å². The van der Waals surface area contributed by atoms with Crippen LogP contribution in [0.1, 0.15) is 12.5 Å². The molecule has 1 N–H and O–H groups in total. The highest BCUT2D eigenvalue weighted by atomic mass is 16.6. The van der Waals surface area contributed by atoms with Gasteiger partial charge in [-0.15, -0.1) is 0 Å². The van der Waals surface area contributed by atoms with Gasteiger partial charge in [0.2, 0.25) is 5.88 Å². The Kier molecular flexibility index (Phi) is 3.01. The molecule has 2 rings (SSSR count). The Balaban J connectivity index is 2.20. The molecule has 1 aliphatic heterocycles. The average molecular weight is 209 g/mol. The predicted octanol–water partition coefficient (Wildman–Crippen LogP) is 0.858. The van der Waals surface area contributed by atoms with E-state index in [9.17, 15) is 0 Å². The molecule has 0 aromatic carbocycles. The van der Waals surface area contributed by atoms with E-state index in [4.69, 9.17) is 9.47 Å². The number of nitrogens with one attached hydrogen (secondary N) is 1. The third kappa shape index (κ3) is 2.02. The molecule has 1 aliphatic rings. The topological polar surface area (TPSA) is 56.3 Å². The fraction of sp³-hybridized carbons (Fsp3) is 0.600. The van der Waals surface area contributed by atoms with E-state index < -0.39 is 0 Å². The van der Waals surface area contributed by atoms with Gasteiger partial charge in [0.25, 0.3) is 0 Å². The summed E-state index contributed by atoms with van der Waals surface area (Å²) in [7, 11) is 1.84. The van der Waals surface area contributed by atoms with Crippen molar-refractivity contribution in [2.24, 2.45) is 0 Å². The van der Waals surface area contributed by atoms with Gasteiger partial charge in [0.05, 0.1) is 18.8 Å². The van der Waals surface area contributed by atoms with Gasteiger partial charge >= 0.3 is 0 Å². The zero-order chi connectivity index (χ0) is 10.7. The highest BCUT2D eigenvalue weighted by molar-refractivity contribution is 5.48. The van der Waals surface area contributed by atoms with Crippen molar-refractivity contribution in [3.63, 3.8) is 0 Å². The highest BCUT2D eigenvalue weighted by Gasteiger charge is 2.22. The molecule has 0 aliphatic carbocycles. The SMILES string of the molecule is CCc1c(NC)ncnc1OC1COC1. The number of hydrogen-bond donors (Lipinski definition) is 1. The summed E-state index contributed by atoms with van der Waals surface area (Å²) in [6.45, 7) is 3.37. The van der Waals surface area contributed by atoms with Crippen LogP contribution in [0, 0.1) is 0 Å². The van der Waals surface area contributed by atoms with Crippen LogP contribution in [0.4, 0.5) is 5.82 Å². The maximum atomic E-state index is 5.70.